The Balaban J connectivity index is 2.07. The van der Waals surface area contributed by atoms with Crippen LogP contribution in [0.4, 0.5) is 0 Å². The minimum absolute atomic E-state index is 0.293. The second kappa shape index (κ2) is 5.74. The Morgan fingerprint density at radius 1 is 1.42 bits per heavy atom. The summed E-state index contributed by atoms with van der Waals surface area (Å²) in [7, 11) is 0. The van der Waals surface area contributed by atoms with Crippen LogP contribution in [-0.4, -0.2) is 17.4 Å². The average Bonchev–Trinajstić information content (AvgIpc) is 2.73. The van der Waals surface area contributed by atoms with Crippen molar-refractivity contribution in [2.24, 2.45) is 17.6 Å². The molecule has 104 valence electrons. The minimum atomic E-state index is 0.293. The summed E-state index contributed by atoms with van der Waals surface area (Å²) in [6.07, 6.45) is 0.706. The Bertz CT molecular complexity index is 468. The van der Waals surface area contributed by atoms with E-state index in [1.807, 2.05) is 4.90 Å². The molecule has 1 aliphatic heterocycles. The van der Waals surface area contributed by atoms with Gasteiger partial charge in [0.05, 0.1) is 0 Å². The van der Waals surface area contributed by atoms with Crippen LogP contribution in [0, 0.1) is 18.8 Å². The molecule has 0 bridgehead atoms. The maximum atomic E-state index is 12.0. The molecule has 1 saturated heterocycles. The van der Waals surface area contributed by atoms with E-state index >= 15 is 0 Å². The van der Waals surface area contributed by atoms with Crippen molar-refractivity contribution in [2.75, 3.05) is 6.54 Å². The highest BCUT2D eigenvalue weighted by atomic mass is 16.2. The van der Waals surface area contributed by atoms with Crippen LogP contribution in [-0.2, 0) is 17.9 Å². The highest BCUT2D eigenvalue weighted by Gasteiger charge is 2.31. The predicted molar refractivity (Wildman–Crippen MR) is 77.4 cm³/mol. The van der Waals surface area contributed by atoms with Gasteiger partial charge in [-0.1, -0.05) is 32.0 Å². The third kappa shape index (κ3) is 3.16. The molecule has 0 radical (unpaired) electrons. The Kier molecular flexibility index (Phi) is 4.25. The van der Waals surface area contributed by atoms with E-state index in [4.69, 9.17) is 5.73 Å². The van der Waals surface area contributed by atoms with Crippen LogP contribution in [0.1, 0.15) is 37.0 Å². The van der Waals surface area contributed by atoms with E-state index in [0.29, 0.717) is 30.7 Å². The number of hydrogen-bond donors (Lipinski definition) is 1. The van der Waals surface area contributed by atoms with Crippen LogP contribution in [0.5, 0.6) is 0 Å². The van der Waals surface area contributed by atoms with Crippen LogP contribution in [0.25, 0.3) is 0 Å². The van der Waals surface area contributed by atoms with Crippen molar-refractivity contribution in [3.63, 3.8) is 0 Å². The number of rotatable bonds is 4. The molecule has 1 aliphatic rings. The second-order valence-corrected chi connectivity index (χ2v) is 5.95. The number of nitrogens with two attached hydrogens (primary N) is 1. The van der Waals surface area contributed by atoms with Crippen LogP contribution in [0.15, 0.2) is 18.2 Å². The van der Waals surface area contributed by atoms with Gasteiger partial charge in [0.1, 0.15) is 0 Å². The molecule has 2 N–H and O–H groups in total. The summed E-state index contributed by atoms with van der Waals surface area (Å²) in [5.41, 5.74) is 9.25. The van der Waals surface area contributed by atoms with Gasteiger partial charge in [0.25, 0.3) is 0 Å². The molecule has 0 spiro atoms. The fourth-order valence-corrected chi connectivity index (χ4v) is 2.67. The van der Waals surface area contributed by atoms with Gasteiger partial charge in [0.2, 0.25) is 5.91 Å². The molecular formula is C16H24N2O. The van der Waals surface area contributed by atoms with Gasteiger partial charge in [-0.05, 0) is 35.4 Å². The molecule has 2 rings (SSSR count). The molecule has 19 heavy (non-hydrogen) atoms. The van der Waals surface area contributed by atoms with Crippen LogP contribution in [0.3, 0.4) is 0 Å². The predicted octanol–water partition coefficient (Wildman–Crippen LogP) is 2.46. The maximum Gasteiger partial charge on any atom is 0.223 e. The Morgan fingerprint density at radius 2 is 2.16 bits per heavy atom. The topological polar surface area (TPSA) is 46.3 Å². The maximum absolute atomic E-state index is 12.0. The van der Waals surface area contributed by atoms with Crippen molar-refractivity contribution in [1.82, 2.24) is 4.90 Å². The summed E-state index contributed by atoms with van der Waals surface area (Å²) in [6.45, 7) is 8.69. The minimum Gasteiger partial charge on any atom is -0.338 e. The molecule has 0 aliphatic carbocycles. The van der Waals surface area contributed by atoms with Gasteiger partial charge >= 0.3 is 0 Å². The van der Waals surface area contributed by atoms with Gasteiger partial charge < -0.3 is 10.6 Å². The molecule has 1 amide bonds. The fourth-order valence-electron chi connectivity index (χ4n) is 2.67. The second-order valence-electron chi connectivity index (χ2n) is 5.95. The molecule has 3 nitrogen and oxygen atoms in total. The third-order valence-electron chi connectivity index (χ3n) is 4.19. The van der Waals surface area contributed by atoms with Crippen molar-refractivity contribution in [3.05, 3.63) is 34.9 Å². The van der Waals surface area contributed by atoms with E-state index in [1.165, 1.54) is 11.1 Å². The number of hydrogen-bond acceptors (Lipinski definition) is 2. The third-order valence-corrected chi connectivity index (χ3v) is 4.19. The molecule has 1 unspecified atom stereocenters. The zero-order valence-corrected chi connectivity index (χ0v) is 12.1. The first-order valence-electron chi connectivity index (χ1n) is 7.07. The van der Waals surface area contributed by atoms with Crippen LogP contribution >= 0.6 is 0 Å². The lowest BCUT2D eigenvalue weighted by molar-refractivity contribution is -0.128. The number of amides is 1. The van der Waals surface area contributed by atoms with Gasteiger partial charge in [-0.3, -0.25) is 4.79 Å². The molecule has 1 aromatic rings. The quantitative estimate of drug-likeness (QED) is 0.904. The number of likely N-dealkylation sites (tertiary alicyclic amines) is 1. The first-order chi connectivity index (χ1) is 9.01. The molecule has 0 aromatic heterocycles. The van der Waals surface area contributed by atoms with Crippen molar-refractivity contribution in [3.8, 4) is 0 Å². The van der Waals surface area contributed by atoms with E-state index in [0.717, 1.165) is 18.7 Å². The SMILES string of the molecule is Cc1cc(CN)ccc1CN1CC(C(C)C)CC1=O. The summed E-state index contributed by atoms with van der Waals surface area (Å²) in [4.78, 5) is 14.0. The fraction of sp³-hybridized carbons (Fsp3) is 0.562. The average molecular weight is 260 g/mol. The summed E-state index contributed by atoms with van der Waals surface area (Å²) in [6, 6.07) is 6.28. The standard InChI is InChI=1S/C16H24N2O/c1-11(2)15-7-16(19)18(10-15)9-14-5-4-13(8-17)6-12(14)3/h4-6,11,15H,7-10,17H2,1-3H3. The van der Waals surface area contributed by atoms with Crippen molar-refractivity contribution < 1.29 is 4.79 Å². The molecule has 0 saturated carbocycles. The van der Waals surface area contributed by atoms with E-state index < -0.39 is 0 Å². The molecule has 3 heteroatoms. The number of nitrogens with zero attached hydrogens (tertiary/aromatic N) is 1. The van der Waals surface area contributed by atoms with Gasteiger partial charge in [-0.25, -0.2) is 0 Å². The van der Waals surface area contributed by atoms with E-state index in [1.54, 1.807) is 0 Å². The zero-order chi connectivity index (χ0) is 14.0. The van der Waals surface area contributed by atoms with Gasteiger partial charge in [0, 0.05) is 26.1 Å². The highest BCUT2D eigenvalue weighted by molar-refractivity contribution is 5.78. The molecule has 1 atom stereocenters. The molecular weight excluding hydrogens is 236 g/mol. The Hall–Kier alpha value is -1.35. The number of aryl methyl sites for hydroxylation is 1. The van der Waals surface area contributed by atoms with Crippen LogP contribution < -0.4 is 5.73 Å². The summed E-state index contributed by atoms with van der Waals surface area (Å²) in [5, 5.41) is 0. The Morgan fingerprint density at radius 3 is 2.68 bits per heavy atom. The summed E-state index contributed by atoms with van der Waals surface area (Å²) < 4.78 is 0. The molecule has 1 aromatic carbocycles. The van der Waals surface area contributed by atoms with E-state index in [-0.39, 0.29) is 0 Å². The monoisotopic (exact) mass is 260 g/mol. The Labute approximate surface area is 115 Å². The number of carbonyl (C=O) groups is 1. The van der Waals surface area contributed by atoms with Crippen molar-refractivity contribution >= 4 is 5.91 Å². The lowest BCUT2D eigenvalue weighted by Gasteiger charge is -2.19. The summed E-state index contributed by atoms with van der Waals surface area (Å²) >= 11 is 0. The highest BCUT2D eigenvalue weighted by Crippen LogP contribution is 2.26. The van der Waals surface area contributed by atoms with Gasteiger partial charge in [-0.2, -0.15) is 0 Å². The lowest BCUT2D eigenvalue weighted by Crippen LogP contribution is -2.25. The molecule has 1 fully saturated rings. The lowest BCUT2D eigenvalue weighted by atomic mass is 9.95. The zero-order valence-electron chi connectivity index (χ0n) is 12.1. The van der Waals surface area contributed by atoms with Crippen LogP contribution in [0.2, 0.25) is 0 Å². The smallest absolute Gasteiger partial charge is 0.223 e. The first-order valence-corrected chi connectivity index (χ1v) is 7.07. The van der Waals surface area contributed by atoms with E-state index in [2.05, 4.69) is 39.0 Å². The molecule has 1 heterocycles. The number of carbonyl (C=O) groups excluding carboxylic acids is 1. The normalized spacial score (nSPS) is 19.5. The van der Waals surface area contributed by atoms with E-state index in [9.17, 15) is 4.79 Å². The van der Waals surface area contributed by atoms with Crippen molar-refractivity contribution in [2.45, 2.75) is 40.3 Å². The van der Waals surface area contributed by atoms with Gasteiger partial charge in [0.15, 0.2) is 0 Å². The largest absolute Gasteiger partial charge is 0.338 e. The summed E-state index contributed by atoms with van der Waals surface area (Å²) in [5.74, 6) is 1.38. The number of benzene rings is 1. The van der Waals surface area contributed by atoms with Crippen molar-refractivity contribution in [1.29, 1.82) is 0 Å². The van der Waals surface area contributed by atoms with Gasteiger partial charge in [-0.15, -0.1) is 0 Å². The first kappa shape index (κ1) is 14.1.